The van der Waals surface area contributed by atoms with Crippen molar-refractivity contribution in [1.82, 2.24) is 0 Å². The SMILES string of the molecule is CCC(CC)C([NH-])=O.CC[c-]1cccc1.CC[c-]1cccc1.[Y+3]. The fourth-order valence-corrected chi connectivity index (χ4v) is 1.96. The normalized spacial score (nSPS) is 9.09. The van der Waals surface area contributed by atoms with E-state index < -0.39 is 5.91 Å². The summed E-state index contributed by atoms with van der Waals surface area (Å²) in [5, 5.41) is 0. The Hall–Kier alpha value is -0.726. The van der Waals surface area contributed by atoms with E-state index in [2.05, 4.69) is 62.4 Å². The summed E-state index contributed by atoms with van der Waals surface area (Å²) in [6.45, 7) is 8.19. The Kier molecular flexibility index (Phi) is 17.2. The number of hydrogen-bond acceptors (Lipinski definition) is 1. The van der Waals surface area contributed by atoms with Gasteiger partial charge in [-0.25, -0.2) is 24.3 Å². The van der Waals surface area contributed by atoms with Crippen LogP contribution in [0.3, 0.4) is 0 Å². The van der Waals surface area contributed by atoms with E-state index in [1.807, 2.05) is 13.8 Å². The van der Waals surface area contributed by atoms with Gasteiger partial charge in [0.15, 0.2) is 0 Å². The molecule has 0 saturated heterocycles. The first-order chi connectivity index (χ1) is 10.6. The van der Waals surface area contributed by atoms with Gasteiger partial charge in [0.1, 0.15) is 0 Å². The summed E-state index contributed by atoms with van der Waals surface area (Å²) in [4.78, 5) is 10.3. The quantitative estimate of drug-likeness (QED) is 0.584. The van der Waals surface area contributed by atoms with Gasteiger partial charge in [-0.1, -0.05) is 40.5 Å². The maximum absolute atomic E-state index is 10.3. The second-order valence-electron chi connectivity index (χ2n) is 5.17. The molecule has 2 aromatic rings. The molecule has 0 saturated carbocycles. The van der Waals surface area contributed by atoms with Crippen molar-refractivity contribution >= 4 is 5.91 Å². The van der Waals surface area contributed by atoms with Crippen LogP contribution in [0.15, 0.2) is 48.5 Å². The molecule has 0 aliphatic carbocycles. The summed E-state index contributed by atoms with van der Waals surface area (Å²) < 4.78 is 0. The topological polar surface area (TPSA) is 40.9 Å². The maximum atomic E-state index is 10.3. The molecule has 0 fully saturated rings. The Morgan fingerprint density at radius 1 is 0.826 bits per heavy atom. The first kappa shape index (κ1) is 24.5. The summed E-state index contributed by atoms with van der Waals surface area (Å²) in [6.07, 6.45) is 3.93. The molecule has 2 rings (SSSR count). The van der Waals surface area contributed by atoms with E-state index in [4.69, 9.17) is 5.73 Å². The van der Waals surface area contributed by atoms with Crippen molar-refractivity contribution in [3.05, 3.63) is 65.4 Å². The van der Waals surface area contributed by atoms with Crippen LogP contribution >= 0.6 is 0 Å². The number of carbonyl (C=O) groups is 1. The van der Waals surface area contributed by atoms with Gasteiger partial charge in [-0.15, -0.1) is 0 Å². The van der Waals surface area contributed by atoms with Crippen molar-refractivity contribution in [3.8, 4) is 0 Å². The molecule has 0 atom stereocenters. The van der Waals surface area contributed by atoms with Gasteiger partial charge in [-0.3, -0.25) is 0 Å². The molecule has 0 heterocycles. The van der Waals surface area contributed by atoms with Crippen molar-refractivity contribution in [2.45, 2.75) is 53.4 Å². The molecule has 124 valence electrons. The van der Waals surface area contributed by atoms with Crippen LogP contribution in [0.2, 0.25) is 0 Å². The summed E-state index contributed by atoms with van der Waals surface area (Å²) >= 11 is 0. The van der Waals surface area contributed by atoms with Gasteiger partial charge in [0.05, 0.1) is 5.91 Å². The van der Waals surface area contributed by atoms with Gasteiger partial charge in [0, 0.05) is 0 Å². The minimum Gasteiger partial charge on any atom is -0.668 e. The van der Waals surface area contributed by atoms with E-state index in [9.17, 15) is 4.79 Å². The third-order valence-corrected chi connectivity index (χ3v) is 3.64. The fraction of sp³-hybridized carbons (Fsp3) is 0.450. The van der Waals surface area contributed by atoms with Gasteiger partial charge in [-0.2, -0.15) is 35.4 Å². The van der Waals surface area contributed by atoms with Gasteiger partial charge in [0.2, 0.25) is 0 Å². The summed E-state index contributed by atoms with van der Waals surface area (Å²) in [7, 11) is 0. The molecule has 0 bridgehead atoms. The van der Waals surface area contributed by atoms with Crippen LogP contribution in [0, 0.1) is 5.92 Å². The predicted octanol–water partition coefficient (Wildman–Crippen LogP) is 5.93. The average molecular weight is 389 g/mol. The van der Waals surface area contributed by atoms with E-state index in [0.29, 0.717) is 0 Å². The third-order valence-electron chi connectivity index (χ3n) is 3.64. The van der Waals surface area contributed by atoms with E-state index in [1.54, 1.807) is 0 Å². The Labute approximate surface area is 167 Å². The predicted molar refractivity (Wildman–Crippen MR) is 96.2 cm³/mol. The molecule has 23 heavy (non-hydrogen) atoms. The van der Waals surface area contributed by atoms with Gasteiger partial charge >= 0.3 is 32.7 Å². The zero-order valence-corrected chi connectivity index (χ0v) is 17.8. The maximum Gasteiger partial charge on any atom is 3.00 e. The summed E-state index contributed by atoms with van der Waals surface area (Å²) in [5.41, 5.74) is 9.56. The van der Waals surface area contributed by atoms with Crippen LogP contribution in [0.1, 0.15) is 51.7 Å². The number of hydrogen-bond donors (Lipinski definition) is 0. The summed E-state index contributed by atoms with van der Waals surface area (Å²) in [6, 6.07) is 16.8. The van der Waals surface area contributed by atoms with Crippen molar-refractivity contribution in [3.63, 3.8) is 0 Å². The van der Waals surface area contributed by atoms with Gasteiger partial charge < -0.3 is 10.5 Å². The van der Waals surface area contributed by atoms with Crippen molar-refractivity contribution < 1.29 is 37.5 Å². The van der Waals surface area contributed by atoms with E-state index >= 15 is 0 Å². The van der Waals surface area contributed by atoms with Gasteiger partial charge in [0.25, 0.3) is 0 Å². The number of carbonyl (C=O) groups excluding carboxylic acids is 1. The third kappa shape index (κ3) is 12.4. The van der Waals surface area contributed by atoms with Crippen LogP contribution in [-0.4, -0.2) is 5.91 Å². The zero-order valence-electron chi connectivity index (χ0n) is 15.0. The Morgan fingerprint density at radius 2 is 1.13 bits per heavy atom. The molecular formula is C20H30NOY. The number of amides is 1. The standard InChI is InChI=1S/2C7H9.C6H13NO.Y/c2*1-2-7-5-3-4-6-7;1-3-5(4-2)6(7)8;/h2*3-6H,2H2,1H3;5H,3-4H2,1-2H3,(H2,7,8);/q2*-1;;+3/p-1. The second-order valence-corrected chi connectivity index (χ2v) is 5.17. The van der Waals surface area contributed by atoms with E-state index in [0.717, 1.165) is 25.7 Å². The smallest absolute Gasteiger partial charge is 0.668 e. The molecule has 0 aliphatic heterocycles. The van der Waals surface area contributed by atoms with E-state index in [-0.39, 0.29) is 38.6 Å². The van der Waals surface area contributed by atoms with Gasteiger partial charge in [-0.05, 0) is 18.8 Å². The molecule has 0 aromatic heterocycles. The minimum atomic E-state index is -0.421. The summed E-state index contributed by atoms with van der Waals surface area (Å²) in [5.74, 6) is -0.440. The van der Waals surface area contributed by atoms with Crippen molar-refractivity contribution in [1.29, 1.82) is 0 Å². The number of nitrogens with one attached hydrogen (secondary N) is 1. The van der Waals surface area contributed by atoms with Crippen LogP contribution in [-0.2, 0) is 50.3 Å². The Morgan fingerprint density at radius 3 is 1.22 bits per heavy atom. The van der Waals surface area contributed by atoms with Crippen LogP contribution < -0.4 is 0 Å². The molecule has 0 spiro atoms. The molecule has 0 unspecified atom stereocenters. The molecule has 1 amide bonds. The first-order valence-corrected chi connectivity index (χ1v) is 8.25. The second kappa shape index (κ2) is 16.1. The van der Waals surface area contributed by atoms with Crippen LogP contribution in [0.4, 0.5) is 0 Å². The van der Waals surface area contributed by atoms with Crippen LogP contribution in [0.5, 0.6) is 0 Å². The number of rotatable bonds is 5. The molecular weight excluding hydrogens is 359 g/mol. The molecule has 0 aliphatic rings. The number of aryl methyl sites for hydroxylation is 2. The molecule has 1 N–H and O–H groups in total. The van der Waals surface area contributed by atoms with Crippen LogP contribution in [0.25, 0.3) is 5.73 Å². The van der Waals surface area contributed by atoms with E-state index in [1.165, 1.54) is 11.1 Å². The van der Waals surface area contributed by atoms with Crippen molar-refractivity contribution in [2.75, 3.05) is 0 Å². The first-order valence-electron chi connectivity index (χ1n) is 8.25. The molecule has 3 heteroatoms. The molecule has 0 radical (unpaired) electrons. The van der Waals surface area contributed by atoms with Crippen molar-refractivity contribution in [2.24, 2.45) is 5.92 Å². The fourth-order valence-electron chi connectivity index (χ4n) is 1.96. The minimum absolute atomic E-state index is 0. The largest absolute Gasteiger partial charge is 3.00 e. The average Bonchev–Trinajstić information content (AvgIpc) is 3.22. The Bertz CT molecular complexity index is 422. The monoisotopic (exact) mass is 389 g/mol. The molecule has 2 aromatic carbocycles. The Balaban J connectivity index is 0. The zero-order chi connectivity index (χ0) is 16.8. The molecule has 2 nitrogen and oxygen atoms in total.